The molecular weight excluding hydrogens is 350 g/mol. The lowest BCUT2D eigenvalue weighted by molar-refractivity contribution is 0.415. The quantitative estimate of drug-likeness (QED) is 0.704. The summed E-state index contributed by atoms with van der Waals surface area (Å²) in [6, 6.07) is 16.0. The zero-order valence-electron chi connectivity index (χ0n) is 16.4. The number of rotatable bonds is 5. The Morgan fingerprint density at radius 3 is 2.25 bits per heavy atom. The highest BCUT2D eigenvalue weighted by Gasteiger charge is 2.17. The number of methoxy groups -OCH3 is 1. The predicted molar refractivity (Wildman–Crippen MR) is 112 cm³/mol. The number of ether oxygens (including phenoxy) is 1. The highest BCUT2D eigenvalue weighted by Crippen LogP contribution is 2.25. The molecule has 1 aliphatic heterocycles. The third kappa shape index (κ3) is 4.22. The molecule has 0 radical (unpaired) electrons. The summed E-state index contributed by atoms with van der Waals surface area (Å²) in [6.45, 7) is 4.04. The van der Waals surface area contributed by atoms with E-state index in [9.17, 15) is 0 Å². The monoisotopic (exact) mass is 375 g/mol. The van der Waals surface area contributed by atoms with E-state index in [1.54, 1.807) is 7.11 Å². The Morgan fingerprint density at radius 1 is 0.857 bits per heavy atom. The highest BCUT2D eigenvalue weighted by atomic mass is 16.5. The Bertz CT molecular complexity index is 919. The molecule has 0 bridgehead atoms. The Morgan fingerprint density at radius 2 is 1.57 bits per heavy atom. The molecule has 0 saturated carbocycles. The van der Waals surface area contributed by atoms with Gasteiger partial charge in [0.1, 0.15) is 5.75 Å². The van der Waals surface area contributed by atoms with Gasteiger partial charge in [-0.25, -0.2) is 0 Å². The van der Waals surface area contributed by atoms with Crippen LogP contribution in [0.5, 0.6) is 5.75 Å². The van der Waals surface area contributed by atoms with Crippen molar-refractivity contribution in [1.82, 2.24) is 15.0 Å². The summed E-state index contributed by atoms with van der Waals surface area (Å²) in [5.41, 5.74) is 3.12. The SMILES string of the molecule is COc1ccc(-c2nc(Nc3ccc(C)cc3)nc(N3CCCCC3)n2)cc1. The van der Waals surface area contributed by atoms with Crippen molar-refractivity contribution in [3.63, 3.8) is 0 Å². The first kappa shape index (κ1) is 18.2. The second-order valence-electron chi connectivity index (χ2n) is 7.05. The Balaban J connectivity index is 1.70. The summed E-state index contributed by atoms with van der Waals surface area (Å²) in [5, 5.41) is 3.33. The molecule has 28 heavy (non-hydrogen) atoms. The van der Waals surface area contributed by atoms with Gasteiger partial charge in [-0.05, 0) is 62.6 Å². The van der Waals surface area contributed by atoms with Crippen molar-refractivity contribution in [1.29, 1.82) is 0 Å². The molecule has 6 heteroatoms. The van der Waals surface area contributed by atoms with E-state index in [0.29, 0.717) is 11.8 Å². The van der Waals surface area contributed by atoms with E-state index in [1.807, 2.05) is 36.4 Å². The minimum absolute atomic E-state index is 0.560. The minimum Gasteiger partial charge on any atom is -0.497 e. The maximum Gasteiger partial charge on any atom is 0.232 e. The van der Waals surface area contributed by atoms with Gasteiger partial charge in [0.15, 0.2) is 5.82 Å². The van der Waals surface area contributed by atoms with Gasteiger partial charge in [-0.3, -0.25) is 0 Å². The number of hydrogen-bond donors (Lipinski definition) is 1. The third-order valence-electron chi connectivity index (χ3n) is 4.92. The van der Waals surface area contributed by atoms with Gasteiger partial charge in [-0.15, -0.1) is 0 Å². The van der Waals surface area contributed by atoms with Crippen molar-refractivity contribution in [2.45, 2.75) is 26.2 Å². The molecule has 0 spiro atoms. The number of piperidine rings is 1. The van der Waals surface area contributed by atoms with Crippen molar-refractivity contribution < 1.29 is 4.74 Å². The predicted octanol–water partition coefficient (Wildman–Crippen LogP) is 4.59. The van der Waals surface area contributed by atoms with E-state index in [-0.39, 0.29) is 0 Å². The van der Waals surface area contributed by atoms with Crippen molar-refractivity contribution in [3.8, 4) is 17.1 Å². The molecule has 4 rings (SSSR count). The molecule has 0 aliphatic carbocycles. The van der Waals surface area contributed by atoms with Crippen molar-refractivity contribution in [2.24, 2.45) is 0 Å². The lowest BCUT2D eigenvalue weighted by Gasteiger charge is -2.27. The standard InChI is InChI=1S/C22H25N5O/c1-16-6-10-18(11-7-16)23-21-24-20(17-8-12-19(28-2)13-9-17)25-22(26-21)27-14-4-3-5-15-27/h6-13H,3-5,14-15H2,1-2H3,(H,23,24,25,26). The van der Waals surface area contributed by atoms with Gasteiger partial charge in [-0.1, -0.05) is 17.7 Å². The van der Waals surface area contributed by atoms with Crippen LogP contribution in [-0.4, -0.2) is 35.2 Å². The van der Waals surface area contributed by atoms with Crippen LogP contribution in [0.1, 0.15) is 24.8 Å². The number of hydrogen-bond acceptors (Lipinski definition) is 6. The molecule has 1 aliphatic rings. The largest absolute Gasteiger partial charge is 0.497 e. The van der Waals surface area contributed by atoms with E-state index < -0.39 is 0 Å². The molecule has 6 nitrogen and oxygen atoms in total. The average Bonchev–Trinajstić information content (AvgIpc) is 2.76. The first-order chi connectivity index (χ1) is 13.7. The highest BCUT2D eigenvalue weighted by molar-refractivity contribution is 5.62. The summed E-state index contributed by atoms with van der Waals surface area (Å²) in [4.78, 5) is 16.4. The van der Waals surface area contributed by atoms with Crippen molar-refractivity contribution >= 4 is 17.6 Å². The topological polar surface area (TPSA) is 63.2 Å². The van der Waals surface area contributed by atoms with Gasteiger partial charge in [0, 0.05) is 24.3 Å². The minimum atomic E-state index is 0.560. The smallest absolute Gasteiger partial charge is 0.232 e. The summed E-state index contributed by atoms with van der Waals surface area (Å²) in [5.74, 6) is 2.76. The molecule has 1 N–H and O–H groups in total. The molecule has 144 valence electrons. The van der Waals surface area contributed by atoms with Crippen molar-refractivity contribution in [3.05, 3.63) is 54.1 Å². The van der Waals surface area contributed by atoms with Crippen molar-refractivity contribution in [2.75, 3.05) is 30.4 Å². The summed E-state index contributed by atoms with van der Waals surface area (Å²) in [6.07, 6.45) is 3.61. The first-order valence-corrected chi connectivity index (χ1v) is 9.70. The maximum absolute atomic E-state index is 5.26. The number of nitrogens with zero attached hydrogens (tertiary/aromatic N) is 4. The molecule has 0 atom stereocenters. The van der Waals surface area contributed by atoms with E-state index in [2.05, 4.69) is 34.3 Å². The Hall–Kier alpha value is -3.15. The number of benzene rings is 2. The third-order valence-corrected chi connectivity index (χ3v) is 4.92. The second kappa shape index (κ2) is 8.25. The van der Waals surface area contributed by atoms with Gasteiger partial charge in [0.25, 0.3) is 0 Å². The number of anilines is 3. The lowest BCUT2D eigenvalue weighted by atomic mass is 10.1. The van der Waals surface area contributed by atoms with E-state index in [1.165, 1.54) is 24.8 Å². The zero-order valence-corrected chi connectivity index (χ0v) is 16.4. The molecule has 1 aromatic heterocycles. The molecule has 2 heterocycles. The van der Waals surface area contributed by atoms with Gasteiger partial charge < -0.3 is 15.0 Å². The van der Waals surface area contributed by atoms with Gasteiger partial charge in [-0.2, -0.15) is 15.0 Å². The van der Waals surface area contributed by atoms with Gasteiger partial charge in [0.2, 0.25) is 11.9 Å². The van der Waals surface area contributed by atoms with Crippen LogP contribution in [0.4, 0.5) is 17.6 Å². The molecule has 0 amide bonds. The van der Waals surface area contributed by atoms with Crippen LogP contribution in [0, 0.1) is 6.92 Å². The Kier molecular flexibility index (Phi) is 5.37. The molecule has 1 saturated heterocycles. The molecular formula is C22H25N5O. The van der Waals surface area contributed by atoms with Crippen LogP contribution in [0.15, 0.2) is 48.5 Å². The van der Waals surface area contributed by atoms with Crippen LogP contribution < -0.4 is 15.0 Å². The number of nitrogens with one attached hydrogen (secondary N) is 1. The second-order valence-corrected chi connectivity index (χ2v) is 7.05. The fourth-order valence-corrected chi connectivity index (χ4v) is 3.29. The number of aromatic nitrogens is 3. The van der Waals surface area contributed by atoms with E-state index in [0.717, 1.165) is 36.0 Å². The fourth-order valence-electron chi connectivity index (χ4n) is 3.29. The van der Waals surface area contributed by atoms with Gasteiger partial charge >= 0.3 is 0 Å². The number of aryl methyl sites for hydroxylation is 1. The summed E-state index contributed by atoms with van der Waals surface area (Å²) in [7, 11) is 1.66. The molecule has 0 unspecified atom stereocenters. The average molecular weight is 375 g/mol. The maximum atomic E-state index is 5.26. The lowest BCUT2D eigenvalue weighted by Crippen LogP contribution is -2.31. The Labute approximate surface area is 165 Å². The molecule has 2 aromatic carbocycles. The normalized spacial score (nSPS) is 14.0. The van der Waals surface area contributed by atoms with Crippen LogP contribution in [0.25, 0.3) is 11.4 Å². The first-order valence-electron chi connectivity index (χ1n) is 9.70. The molecule has 3 aromatic rings. The van der Waals surface area contributed by atoms with Gasteiger partial charge in [0.05, 0.1) is 7.11 Å². The zero-order chi connectivity index (χ0) is 19.3. The van der Waals surface area contributed by atoms with Crippen LogP contribution >= 0.6 is 0 Å². The fraction of sp³-hybridized carbons (Fsp3) is 0.318. The van der Waals surface area contributed by atoms with Crippen LogP contribution in [0.3, 0.4) is 0 Å². The van der Waals surface area contributed by atoms with Crippen LogP contribution in [-0.2, 0) is 0 Å². The summed E-state index contributed by atoms with van der Waals surface area (Å²) >= 11 is 0. The van der Waals surface area contributed by atoms with Crippen LogP contribution in [0.2, 0.25) is 0 Å². The van der Waals surface area contributed by atoms with E-state index in [4.69, 9.17) is 14.7 Å². The van der Waals surface area contributed by atoms with E-state index >= 15 is 0 Å². The summed E-state index contributed by atoms with van der Waals surface area (Å²) < 4.78 is 5.26. The molecule has 1 fully saturated rings.